The van der Waals surface area contributed by atoms with Crippen molar-refractivity contribution in [1.82, 2.24) is 5.32 Å². The lowest BCUT2D eigenvalue weighted by atomic mass is 10.1. The first kappa shape index (κ1) is 15.2. The molecule has 19 heavy (non-hydrogen) atoms. The van der Waals surface area contributed by atoms with Crippen molar-refractivity contribution in [3.8, 4) is 11.8 Å². The molecular formula is C15H19NO3. The van der Waals surface area contributed by atoms with Crippen molar-refractivity contribution in [2.75, 3.05) is 19.8 Å². The number of carbonyl (C=O) groups excluding carboxylic acids is 1. The largest absolute Gasteiger partial charge is 0.384 e. The number of hydrogen-bond acceptors (Lipinski definition) is 3. The van der Waals surface area contributed by atoms with E-state index in [-0.39, 0.29) is 18.6 Å². The summed E-state index contributed by atoms with van der Waals surface area (Å²) in [6.45, 7) is 4.67. The summed E-state index contributed by atoms with van der Waals surface area (Å²) in [5, 5.41) is 11.5. The van der Waals surface area contributed by atoms with E-state index in [1.165, 1.54) is 0 Å². The number of benzene rings is 1. The molecule has 0 aliphatic rings. The summed E-state index contributed by atoms with van der Waals surface area (Å²) in [6.07, 6.45) is -0.0235. The molecule has 1 atom stereocenters. The van der Waals surface area contributed by atoms with Gasteiger partial charge in [0.05, 0.1) is 11.7 Å². The van der Waals surface area contributed by atoms with Gasteiger partial charge in [-0.05, 0) is 26.0 Å². The van der Waals surface area contributed by atoms with Crippen molar-refractivity contribution in [1.29, 1.82) is 0 Å². The molecule has 1 unspecified atom stereocenters. The second kappa shape index (κ2) is 8.30. The first-order valence-corrected chi connectivity index (χ1v) is 6.27. The van der Waals surface area contributed by atoms with Gasteiger partial charge in [-0.2, -0.15) is 0 Å². The van der Waals surface area contributed by atoms with Gasteiger partial charge >= 0.3 is 0 Å². The Morgan fingerprint density at radius 2 is 2.21 bits per heavy atom. The van der Waals surface area contributed by atoms with Gasteiger partial charge in [-0.25, -0.2) is 0 Å². The van der Waals surface area contributed by atoms with Crippen LogP contribution >= 0.6 is 0 Å². The lowest BCUT2D eigenvalue weighted by Gasteiger charge is -2.13. The molecular weight excluding hydrogens is 242 g/mol. The molecule has 1 aromatic rings. The maximum Gasteiger partial charge on any atom is 0.252 e. The van der Waals surface area contributed by atoms with Gasteiger partial charge < -0.3 is 15.2 Å². The summed E-state index contributed by atoms with van der Waals surface area (Å²) in [5.41, 5.74) is 1.12. The van der Waals surface area contributed by atoms with Crippen LogP contribution in [0.2, 0.25) is 0 Å². The van der Waals surface area contributed by atoms with Crippen molar-refractivity contribution in [2.45, 2.75) is 20.0 Å². The Kier molecular flexibility index (Phi) is 6.65. The van der Waals surface area contributed by atoms with Gasteiger partial charge in [0.25, 0.3) is 5.91 Å². The number of hydrogen-bond donors (Lipinski definition) is 2. The molecule has 1 aromatic carbocycles. The van der Waals surface area contributed by atoms with E-state index >= 15 is 0 Å². The van der Waals surface area contributed by atoms with Crippen LogP contribution in [0.15, 0.2) is 24.3 Å². The molecule has 0 aromatic heterocycles. The van der Waals surface area contributed by atoms with E-state index in [9.17, 15) is 4.79 Å². The first-order valence-electron chi connectivity index (χ1n) is 6.27. The van der Waals surface area contributed by atoms with E-state index in [1.54, 1.807) is 24.3 Å². The fourth-order valence-electron chi connectivity index (χ4n) is 1.60. The Bertz CT molecular complexity index is 474. The maximum absolute atomic E-state index is 12.0. The third-order valence-electron chi connectivity index (χ3n) is 2.48. The standard InChI is InChI=1S/C15H19NO3/c1-3-19-12(2)11-16-15(18)14-9-5-4-7-13(14)8-6-10-17/h4-5,7,9,12,17H,3,10-11H2,1-2H3,(H,16,18). The molecule has 0 saturated carbocycles. The summed E-state index contributed by atoms with van der Waals surface area (Å²) in [4.78, 5) is 12.0. The lowest BCUT2D eigenvalue weighted by Crippen LogP contribution is -2.32. The smallest absolute Gasteiger partial charge is 0.252 e. The summed E-state index contributed by atoms with van der Waals surface area (Å²) >= 11 is 0. The molecule has 102 valence electrons. The lowest BCUT2D eigenvalue weighted by molar-refractivity contribution is 0.0695. The van der Waals surface area contributed by atoms with Crippen LogP contribution in [0.4, 0.5) is 0 Å². The third kappa shape index (κ3) is 5.12. The fraction of sp³-hybridized carbons (Fsp3) is 0.400. The monoisotopic (exact) mass is 261 g/mol. The molecule has 0 saturated heterocycles. The van der Waals surface area contributed by atoms with Gasteiger partial charge in [0, 0.05) is 18.7 Å². The van der Waals surface area contributed by atoms with E-state index in [2.05, 4.69) is 17.2 Å². The van der Waals surface area contributed by atoms with E-state index in [1.807, 2.05) is 13.8 Å². The Morgan fingerprint density at radius 3 is 2.89 bits per heavy atom. The molecule has 4 nitrogen and oxygen atoms in total. The van der Waals surface area contributed by atoms with Gasteiger partial charge in [-0.1, -0.05) is 24.0 Å². The van der Waals surface area contributed by atoms with Crippen LogP contribution in [0, 0.1) is 11.8 Å². The molecule has 0 aliphatic carbocycles. The van der Waals surface area contributed by atoms with E-state index < -0.39 is 0 Å². The number of carbonyl (C=O) groups is 1. The third-order valence-corrected chi connectivity index (χ3v) is 2.48. The molecule has 0 aliphatic heterocycles. The Labute approximate surface area is 113 Å². The summed E-state index contributed by atoms with van der Waals surface area (Å²) in [6, 6.07) is 7.05. The molecule has 1 amide bonds. The molecule has 1 rings (SSSR count). The van der Waals surface area contributed by atoms with Gasteiger partial charge in [-0.3, -0.25) is 4.79 Å². The average Bonchev–Trinajstić information content (AvgIpc) is 2.43. The minimum atomic E-state index is -0.225. The molecule has 0 heterocycles. The number of aliphatic hydroxyl groups excluding tert-OH is 1. The normalized spacial score (nSPS) is 11.3. The molecule has 0 radical (unpaired) electrons. The van der Waals surface area contributed by atoms with Crippen molar-refractivity contribution in [2.24, 2.45) is 0 Å². The number of aliphatic hydroxyl groups is 1. The zero-order chi connectivity index (χ0) is 14.1. The van der Waals surface area contributed by atoms with Crippen LogP contribution in [0.1, 0.15) is 29.8 Å². The van der Waals surface area contributed by atoms with Crippen molar-refractivity contribution in [3.05, 3.63) is 35.4 Å². The molecule has 0 spiro atoms. The highest BCUT2D eigenvalue weighted by atomic mass is 16.5. The number of rotatable bonds is 5. The van der Waals surface area contributed by atoms with Crippen LogP contribution in [0.3, 0.4) is 0 Å². The van der Waals surface area contributed by atoms with Crippen molar-refractivity contribution >= 4 is 5.91 Å². The predicted molar refractivity (Wildman–Crippen MR) is 73.8 cm³/mol. The van der Waals surface area contributed by atoms with Crippen LogP contribution in [-0.4, -0.2) is 36.9 Å². The van der Waals surface area contributed by atoms with E-state index in [4.69, 9.17) is 9.84 Å². The quantitative estimate of drug-likeness (QED) is 0.783. The minimum absolute atomic E-state index is 0.0235. The predicted octanol–water partition coefficient (Wildman–Crippen LogP) is 1.19. The minimum Gasteiger partial charge on any atom is -0.384 e. The zero-order valence-corrected chi connectivity index (χ0v) is 11.3. The zero-order valence-electron chi connectivity index (χ0n) is 11.3. The maximum atomic E-state index is 12.0. The van der Waals surface area contributed by atoms with Crippen molar-refractivity contribution < 1.29 is 14.6 Å². The summed E-state index contributed by atoms with van der Waals surface area (Å²) in [5.74, 6) is 5.12. The van der Waals surface area contributed by atoms with Gasteiger partial charge in [0.2, 0.25) is 0 Å². The summed E-state index contributed by atoms with van der Waals surface area (Å²) < 4.78 is 5.35. The highest BCUT2D eigenvalue weighted by Gasteiger charge is 2.10. The molecule has 0 bridgehead atoms. The SMILES string of the molecule is CCOC(C)CNC(=O)c1ccccc1C#CCO. The van der Waals surface area contributed by atoms with Gasteiger partial charge in [0.1, 0.15) is 6.61 Å². The molecule has 4 heteroatoms. The first-order chi connectivity index (χ1) is 9.19. The number of nitrogens with one attached hydrogen (secondary N) is 1. The Balaban J connectivity index is 2.71. The average molecular weight is 261 g/mol. The van der Waals surface area contributed by atoms with Crippen LogP contribution in [0.5, 0.6) is 0 Å². The van der Waals surface area contributed by atoms with Crippen LogP contribution in [-0.2, 0) is 4.74 Å². The topological polar surface area (TPSA) is 58.6 Å². The molecule has 2 N–H and O–H groups in total. The van der Waals surface area contributed by atoms with Gasteiger partial charge in [-0.15, -0.1) is 0 Å². The number of ether oxygens (including phenoxy) is 1. The van der Waals surface area contributed by atoms with Crippen molar-refractivity contribution in [3.63, 3.8) is 0 Å². The summed E-state index contributed by atoms with van der Waals surface area (Å²) in [7, 11) is 0. The fourth-order valence-corrected chi connectivity index (χ4v) is 1.60. The number of amides is 1. The molecule has 0 fully saturated rings. The Hall–Kier alpha value is -1.83. The van der Waals surface area contributed by atoms with E-state index in [0.717, 1.165) is 0 Å². The second-order valence-corrected chi connectivity index (χ2v) is 3.98. The highest BCUT2D eigenvalue weighted by Crippen LogP contribution is 2.07. The Morgan fingerprint density at radius 1 is 1.47 bits per heavy atom. The van der Waals surface area contributed by atoms with Crippen LogP contribution < -0.4 is 5.32 Å². The van der Waals surface area contributed by atoms with E-state index in [0.29, 0.717) is 24.3 Å². The second-order valence-electron chi connectivity index (χ2n) is 3.98. The highest BCUT2D eigenvalue weighted by molar-refractivity contribution is 5.96. The van der Waals surface area contributed by atoms with Gasteiger partial charge in [0.15, 0.2) is 0 Å². The van der Waals surface area contributed by atoms with Crippen LogP contribution in [0.25, 0.3) is 0 Å².